The minimum absolute atomic E-state index is 0.733. The Hall–Kier alpha value is -1.56. The quantitative estimate of drug-likeness (QED) is 0.614. The number of aryl methyl sites for hydroxylation is 1. The van der Waals surface area contributed by atoms with E-state index < -0.39 is 0 Å². The molecular formula is C18H20. The predicted molar refractivity (Wildman–Crippen MR) is 76.9 cm³/mol. The highest BCUT2D eigenvalue weighted by molar-refractivity contribution is 5.27. The Morgan fingerprint density at radius 3 is 2.39 bits per heavy atom. The third-order valence-corrected chi connectivity index (χ3v) is 4.23. The van der Waals surface area contributed by atoms with Crippen molar-refractivity contribution in [3.8, 4) is 0 Å². The Kier molecular flexibility index (Phi) is 3.19. The molecule has 3 atom stereocenters. The molecule has 0 N–H and O–H groups in total. The summed E-state index contributed by atoms with van der Waals surface area (Å²) in [6, 6.07) is 17.5. The first kappa shape index (κ1) is 11.5. The van der Waals surface area contributed by atoms with Gasteiger partial charge in [0.05, 0.1) is 0 Å². The first-order valence-electron chi connectivity index (χ1n) is 6.91. The van der Waals surface area contributed by atoms with Crippen LogP contribution in [0.25, 0.3) is 0 Å². The normalized spacial score (nSPS) is 28.2. The van der Waals surface area contributed by atoms with E-state index in [0.29, 0.717) is 0 Å². The molecule has 0 spiro atoms. The van der Waals surface area contributed by atoms with Crippen molar-refractivity contribution in [2.45, 2.75) is 25.7 Å². The topological polar surface area (TPSA) is 0 Å². The standard InChI is InChI=1S/C18H20/c1-14-6-4-2-3-5-7-16(10-8-14)18-13-15-9-11-17(18)12-15/h2-11,15,17-18H,12-13H2,1H3. The van der Waals surface area contributed by atoms with Crippen LogP contribution in [0.15, 0.2) is 60.7 Å². The molecule has 0 aromatic heterocycles. The number of rotatable bonds is 1. The van der Waals surface area contributed by atoms with Gasteiger partial charge in [0.1, 0.15) is 0 Å². The maximum Gasteiger partial charge on any atom is -0.00932 e. The fourth-order valence-electron chi connectivity index (χ4n) is 3.25. The third kappa shape index (κ3) is 2.33. The Morgan fingerprint density at radius 1 is 0.833 bits per heavy atom. The number of hydrogen-bond acceptors (Lipinski definition) is 0. The van der Waals surface area contributed by atoms with Crippen molar-refractivity contribution in [1.29, 1.82) is 0 Å². The smallest absolute Gasteiger partial charge is 0.00932 e. The van der Waals surface area contributed by atoms with Gasteiger partial charge in [-0.1, -0.05) is 66.2 Å². The van der Waals surface area contributed by atoms with Crippen LogP contribution in [0, 0.1) is 18.8 Å². The summed E-state index contributed by atoms with van der Waals surface area (Å²) >= 11 is 0. The van der Waals surface area contributed by atoms with Crippen LogP contribution < -0.4 is 0 Å². The minimum Gasteiger partial charge on any atom is -0.0851 e. The van der Waals surface area contributed by atoms with E-state index in [1.165, 1.54) is 24.0 Å². The van der Waals surface area contributed by atoms with Gasteiger partial charge in [-0.15, -0.1) is 0 Å². The van der Waals surface area contributed by atoms with Gasteiger partial charge in [0.2, 0.25) is 0 Å². The van der Waals surface area contributed by atoms with Gasteiger partial charge in [0, 0.05) is 0 Å². The summed E-state index contributed by atoms with van der Waals surface area (Å²) < 4.78 is 0. The maximum absolute atomic E-state index is 2.43. The zero-order valence-corrected chi connectivity index (χ0v) is 10.9. The summed E-state index contributed by atoms with van der Waals surface area (Å²) in [7, 11) is 0. The van der Waals surface area contributed by atoms with Gasteiger partial charge in [0.25, 0.3) is 0 Å². The van der Waals surface area contributed by atoms with Crippen molar-refractivity contribution >= 4 is 0 Å². The highest BCUT2D eigenvalue weighted by atomic mass is 14.4. The van der Waals surface area contributed by atoms with E-state index in [1.54, 1.807) is 0 Å². The summed E-state index contributed by atoms with van der Waals surface area (Å²) in [5.74, 6) is 2.35. The Labute approximate surface area is 110 Å². The lowest BCUT2D eigenvalue weighted by molar-refractivity contribution is 0.586. The molecule has 0 amide bonds. The second-order valence-electron chi connectivity index (χ2n) is 5.57. The lowest BCUT2D eigenvalue weighted by atomic mass is 9.87. The lowest BCUT2D eigenvalue weighted by Gasteiger charge is -2.17. The van der Waals surface area contributed by atoms with Crippen LogP contribution in [0.3, 0.4) is 0 Å². The molecule has 2 aliphatic carbocycles. The molecule has 92 valence electrons. The van der Waals surface area contributed by atoms with Crippen LogP contribution in [0.5, 0.6) is 0 Å². The monoisotopic (exact) mass is 236 g/mol. The van der Waals surface area contributed by atoms with Crippen molar-refractivity contribution in [2.75, 3.05) is 0 Å². The average molecular weight is 236 g/mol. The molecule has 1 fully saturated rings. The predicted octanol–water partition coefficient (Wildman–Crippen LogP) is 4.80. The van der Waals surface area contributed by atoms with Crippen LogP contribution in [-0.2, 0) is 0 Å². The van der Waals surface area contributed by atoms with Crippen molar-refractivity contribution < 1.29 is 0 Å². The van der Waals surface area contributed by atoms with E-state index in [-0.39, 0.29) is 0 Å². The molecule has 1 aromatic rings. The van der Waals surface area contributed by atoms with Crippen molar-refractivity contribution in [3.63, 3.8) is 0 Å². The summed E-state index contributed by atoms with van der Waals surface area (Å²) in [5.41, 5.74) is 2.80. The van der Waals surface area contributed by atoms with E-state index >= 15 is 0 Å². The average Bonchev–Trinajstić information content (AvgIpc) is 2.99. The second-order valence-corrected chi connectivity index (χ2v) is 5.57. The van der Waals surface area contributed by atoms with Crippen LogP contribution in [-0.4, -0.2) is 0 Å². The first-order chi connectivity index (χ1) is 8.83. The van der Waals surface area contributed by atoms with Crippen molar-refractivity contribution in [3.05, 3.63) is 71.8 Å². The SMILES string of the molecule is Cc1ccccccc(C2CC3C=CC2C3)cc1. The molecule has 18 heavy (non-hydrogen) atoms. The zero-order valence-electron chi connectivity index (χ0n) is 10.9. The molecule has 2 aliphatic rings. The van der Waals surface area contributed by atoms with Crippen LogP contribution in [0.2, 0.25) is 0 Å². The highest BCUT2D eigenvalue weighted by Gasteiger charge is 2.35. The maximum atomic E-state index is 2.43. The Bertz CT molecular complexity index is 511. The van der Waals surface area contributed by atoms with E-state index in [0.717, 1.165) is 17.8 Å². The van der Waals surface area contributed by atoms with Gasteiger partial charge < -0.3 is 0 Å². The first-order valence-corrected chi connectivity index (χ1v) is 6.91. The molecule has 0 nitrogen and oxygen atoms in total. The van der Waals surface area contributed by atoms with Gasteiger partial charge >= 0.3 is 0 Å². The largest absolute Gasteiger partial charge is 0.0851 e. The van der Waals surface area contributed by atoms with E-state index in [2.05, 4.69) is 67.6 Å². The van der Waals surface area contributed by atoms with Crippen LogP contribution >= 0.6 is 0 Å². The van der Waals surface area contributed by atoms with Gasteiger partial charge in [-0.25, -0.2) is 0 Å². The van der Waals surface area contributed by atoms with E-state index in [9.17, 15) is 0 Å². The minimum atomic E-state index is 0.733. The van der Waals surface area contributed by atoms with Crippen molar-refractivity contribution in [1.82, 2.24) is 0 Å². The number of fused-ring (bicyclic) bond motifs is 2. The van der Waals surface area contributed by atoms with Crippen LogP contribution in [0.4, 0.5) is 0 Å². The molecule has 3 unspecified atom stereocenters. The molecule has 0 heteroatoms. The van der Waals surface area contributed by atoms with Gasteiger partial charge in [-0.05, 0) is 43.1 Å². The summed E-state index contributed by atoms with van der Waals surface area (Å²) in [4.78, 5) is 0. The Balaban J connectivity index is 1.99. The summed E-state index contributed by atoms with van der Waals surface area (Å²) in [6.45, 7) is 2.16. The molecular weight excluding hydrogens is 216 g/mol. The van der Waals surface area contributed by atoms with Crippen LogP contribution in [0.1, 0.15) is 29.9 Å². The second kappa shape index (κ2) is 4.97. The van der Waals surface area contributed by atoms with E-state index in [1.807, 2.05) is 0 Å². The van der Waals surface area contributed by atoms with Gasteiger partial charge in [0.15, 0.2) is 0 Å². The molecule has 3 rings (SSSR count). The highest BCUT2D eigenvalue weighted by Crippen LogP contribution is 2.48. The fourth-order valence-corrected chi connectivity index (χ4v) is 3.25. The van der Waals surface area contributed by atoms with Gasteiger partial charge in [-0.3, -0.25) is 0 Å². The Morgan fingerprint density at radius 2 is 1.67 bits per heavy atom. The summed E-state index contributed by atoms with van der Waals surface area (Å²) in [5, 5.41) is 0. The fraction of sp³-hybridized carbons (Fsp3) is 0.333. The molecule has 0 radical (unpaired) electrons. The molecule has 1 saturated carbocycles. The van der Waals surface area contributed by atoms with Crippen molar-refractivity contribution in [2.24, 2.45) is 11.8 Å². The number of allylic oxidation sites excluding steroid dienone is 2. The molecule has 0 heterocycles. The zero-order chi connectivity index (χ0) is 12.4. The number of hydrogen-bond donors (Lipinski definition) is 0. The summed E-state index contributed by atoms with van der Waals surface area (Å²) in [6.07, 6.45) is 7.55. The molecule has 0 aliphatic heterocycles. The van der Waals surface area contributed by atoms with Gasteiger partial charge in [-0.2, -0.15) is 0 Å². The van der Waals surface area contributed by atoms with E-state index in [4.69, 9.17) is 0 Å². The molecule has 0 saturated heterocycles. The molecule has 1 aromatic carbocycles. The lowest BCUT2D eigenvalue weighted by Crippen LogP contribution is -2.03. The third-order valence-electron chi connectivity index (χ3n) is 4.23. The molecule has 2 bridgehead atoms.